The van der Waals surface area contributed by atoms with Gasteiger partial charge in [-0.3, -0.25) is 14.5 Å². The molecule has 1 saturated carbocycles. The van der Waals surface area contributed by atoms with Crippen LogP contribution in [0.3, 0.4) is 0 Å². The topological polar surface area (TPSA) is 198 Å². The number of hydrogen-bond donors (Lipinski definition) is 5. The fraction of sp³-hybridized carbons (Fsp3) is 0.677. The summed E-state index contributed by atoms with van der Waals surface area (Å²) in [7, 11) is -3.92. The van der Waals surface area contributed by atoms with Crippen molar-refractivity contribution in [3.8, 4) is 0 Å². The molecule has 2 aliphatic heterocycles. The fourth-order valence-electron chi connectivity index (χ4n) is 6.70. The maximum absolute atomic E-state index is 14.4. The zero-order valence-electron chi connectivity index (χ0n) is 28.3. The normalized spacial score (nSPS) is 20.8. The molecule has 1 aliphatic carbocycles. The van der Waals surface area contributed by atoms with Gasteiger partial charge in [-0.25, -0.2) is 26.7 Å². The minimum atomic E-state index is -3.46. The lowest BCUT2D eigenvalue weighted by Crippen LogP contribution is -2.59. The van der Waals surface area contributed by atoms with E-state index in [9.17, 15) is 42.0 Å². The minimum Gasteiger partial charge on any atom is -0.444 e. The molecular weight excluding hydrogens is 662 g/mol. The Morgan fingerprint density at radius 1 is 1.12 bits per heavy atom. The third kappa shape index (κ3) is 10.0. The second-order valence-electron chi connectivity index (χ2n) is 13.2. The largest absolute Gasteiger partial charge is 0.475 e. The van der Waals surface area contributed by atoms with Crippen LogP contribution in [0.15, 0.2) is 18.2 Å². The van der Waals surface area contributed by atoms with Crippen molar-refractivity contribution in [1.29, 1.82) is 0 Å². The van der Waals surface area contributed by atoms with E-state index in [-0.39, 0.29) is 51.5 Å². The Morgan fingerprint density at radius 3 is 2.47 bits per heavy atom. The second kappa shape index (κ2) is 17.0. The van der Waals surface area contributed by atoms with E-state index in [1.54, 1.807) is 12.1 Å². The summed E-state index contributed by atoms with van der Waals surface area (Å²) in [6.07, 6.45) is 4.07. The summed E-state index contributed by atoms with van der Waals surface area (Å²) in [6, 6.07) is 1.73. The molecule has 4 atom stereocenters. The highest BCUT2D eigenvalue weighted by Crippen LogP contribution is 2.31. The van der Waals surface area contributed by atoms with E-state index in [1.807, 2.05) is 6.92 Å². The first-order chi connectivity index (χ1) is 23.2. The molecule has 1 aromatic carbocycles. The van der Waals surface area contributed by atoms with Crippen molar-refractivity contribution in [2.24, 2.45) is 5.92 Å². The summed E-state index contributed by atoms with van der Waals surface area (Å²) in [5, 5.41) is 27.7. The first-order valence-electron chi connectivity index (χ1n) is 16.8. The Hall–Kier alpha value is -3.48. The number of nitrogens with one attached hydrogen (secondary N) is 3. The van der Waals surface area contributed by atoms with Crippen LogP contribution in [-0.2, 0) is 37.4 Å². The summed E-state index contributed by atoms with van der Waals surface area (Å²) in [5.74, 6) is -2.90. The van der Waals surface area contributed by atoms with Crippen LogP contribution in [0.1, 0.15) is 69.4 Å². The van der Waals surface area contributed by atoms with E-state index in [0.29, 0.717) is 30.4 Å². The van der Waals surface area contributed by atoms with E-state index in [1.165, 1.54) is 22.9 Å². The SMILES string of the molecule is CCC[C@H](NC(=O)[C@@H]1C[C@@H](OC(=O)N2Cc3cccc(F)c3C2)CN1C(=O)[C@@H](NC(=O)NCCN(C)S(C)(=O)=O)C1CCCCC1)B(O)O. The number of nitrogens with zero attached hydrogens (tertiary/aromatic N) is 3. The number of fused-ring (bicyclic) bond motifs is 1. The number of urea groups is 1. The Morgan fingerprint density at radius 2 is 1.84 bits per heavy atom. The molecule has 5 N–H and O–H groups in total. The van der Waals surface area contributed by atoms with Crippen molar-refractivity contribution >= 4 is 41.1 Å². The van der Waals surface area contributed by atoms with E-state index in [0.717, 1.165) is 29.8 Å². The number of hydrogen-bond acceptors (Lipinski definition) is 9. The van der Waals surface area contributed by atoms with Crippen molar-refractivity contribution in [1.82, 2.24) is 30.1 Å². The van der Waals surface area contributed by atoms with Gasteiger partial charge in [0, 0.05) is 38.7 Å². The van der Waals surface area contributed by atoms with Crippen molar-refractivity contribution in [3.63, 3.8) is 0 Å². The fourth-order valence-corrected chi connectivity index (χ4v) is 7.12. The minimum absolute atomic E-state index is 0.00989. The van der Waals surface area contributed by atoms with Crippen LogP contribution in [0.25, 0.3) is 0 Å². The van der Waals surface area contributed by atoms with Gasteiger partial charge in [0.15, 0.2) is 0 Å². The Balaban J connectivity index is 1.52. The quantitative estimate of drug-likeness (QED) is 0.183. The lowest BCUT2D eigenvalue weighted by Gasteiger charge is -2.34. The summed E-state index contributed by atoms with van der Waals surface area (Å²) in [5.41, 5.74) is 1.05. The molecule has 49 heavy (non-hydrogen) atoms. The van der Waals surface area contributed by atoms with Gasteiger partial charge in [-0.1, -0.05) is 44.7 Å². The lowest BCUT2D eigenvalue weighted by molar-refractivity contribution is -0.141. The van der Waals surface area contributed by atoms with Gasteiger partial charge in [-0.15, -0.1) is 0 Å². The smallest absolute Gasteiger partial charge is 0.444 e. The molecule has 1 aromatic rings. The van der Waals surface area contributed by atoms with Crippen LogP contribution >= 0.6 is 0 Å². The summed E-state index contributed by atoms with van der Waals surface area (Å²) in [6.45, 7) is 1.80. The molecule has 5 amide bonds. The van der Waals surface area contributed by atoms with Gasteiger partial charge >= 0.3 is 19.2 Å². The zero-order valence-corrected chi connectivity index (χ0v) is 29.1. The van der Waals surface area contributed by atoms with Crippen molar-refractivity contribution in [3.05, 3.63) is 35.1 Å². The predicted molar refractivity (Wildman–Crippen MR) is 177 cm³/mol. The van der Waals surface area contributed by atoms with Gasteiger partial charge in [0.1, 0.15) is 24.0 Å². The molecule has 2 fully saturated rings. The second-order valence-corrected chi connectivity index (χ2v) is 15.2. The molecule has 2 heterocycles. The Labute approximate surface area is 287 Å². The molecule has 0 aromatic heterocycles. The van der Waals surface area contributed by atoms with Crippen LogP contribution in [0.5, 0.6) is 0 Å². The molecule has 0 spiro atoms. The van der Waals surface area contributed by atoms with Crippen LogP contribution in [-0.4, -0.2) is 121 Å². The summed E-state index contributed by atoms with van der Waals surface area (Å²) >= 11 is 0. The third-order valence-electron chi connectivity index (χ3n) is 9.54. The maximum Gasteiger partial charge on any atom is 0.475 e. The molecule has 3 aliphatic rings. The van der Waals surface area contributed by atoms with Crippen LogP contribution in [0.2, 0.25) is 0 Å². The molecule has 272 valence electrons. The average molecular weight is 711 g/mol. The number of likely N-dealkylation sites (tertiary alicyclic amines) is 1. The Bertz CT molecular complexity index is 1460. The molecule has 18 heteroatoms. The zero-order chi connectivity index (χ0) is 35.9. The highest BCUT2D eigenvalue weighted by molar-refractivity contribution is 7.88. The van der Waals surface area contributed by atoms with Gasteiger partial charge in [-0.2, -0.15) is 0 Å². The number of amides is 5. The number of sulfonamides is 1. The van der Waals surface area contributed by atoms with Gasteiger partial charge in [-0.05, 0) is 36.8 Å². The van der Waals surface area contributed by atoms with Crippen LogP contribution in [0, 0.1) is 11.7 Å². The van der Waals surface area contributed by atoms with Gasteiger partial charge < -0.3 is 35.6 Å². The predicted octanol–water partition coefficient (Wildman–Crippen LogP) is 0.684. The average Bonchev–Trinajstić information content (AvgIpc) is 3.69. The van der Waals surface area contributed by atoms with Crippen molar-refractivity contribution in [2.45, 2.75) is 95.5 Å². The van der Waals surface area contributed by atoms with Gasteiger partial charge in [0.05, 0.1) is 25.3 Å². The molecule has 0 unspecified atom stereocenters. The van der Waals surface area contributed by atoms with E-state index in [4.69, 9.17) is 4.74 Å². The summed E-state index contributed by atoms with van der Waals surface area (Å²) < 4.78 is 44.6. The van der Waals surface area contributed by atoms with Crippen LogP contribution < -0.4 is 16.0 Å². The van der Waals surface area contributed by atoms with Crippen molar-refractivity contribution in [2.75, 3.05) is 32.9 Å². The van der Waals surface area contributed by atoms with Crippen LogP contribution in [0.4, 0.5) is 14.0 Å². The Kier molecular flexibility index (Phi) is 13.3. The molecule has 15 nitrogen and oxygen atoms in total. The first-order valence-corrected chi connectivity index (χ1v) is 18.7. The number of carbonyl (C=O) groups excluding carboxylic acids is 4. The standard InChI is InChI=1S/C31H48BFN6O9S/c1-4-9-26(32(44)45)35-28(40)25-16-22(48-31(43)38-17-21-12-8-13-24(33)23(21)19-38)18-39(25)29(41)27(20-10-6-5-7-11-20)36-30(42)34-14-15-37(2)49(3,46)47/h8,12-13,20,22,25-27,44-45H,4-7,9-11,14-19H2,1-3H3,(H,35,40)(H2,34,36,42)/t22-,25+,26+,27+/m1/s1. The van der Waals surface area contributed by atoms with Gasteiger partial charge in [0.2, 0.25) is 21.8 Å². The molecule has 1 saturated heterocycles. The third-order valence-corrected chi connectivity index (χ3v) is 10.9. The number of ether oxygens (including phenoxy) is 1. The first kappa shape index (κ1) is 38.3. The molecule has 4 rings (SSSR count). The number of carbonyl (C=O) groups is 4. The number of benzene rings is 1. The monoisotopic (exact) mass is 710 g/mol. The highest BCUT2D eigenvalue weighted by atomic mass is 32.2. The number of likely N-dealkylation sites (N-methyl/N-ethyl adjacent to an activating group) is 1. The van der Waals surface area contributed by atoms with E-state index >= 15 is 0 Å². The molecule has 0 radical (unpaired) electrons. The summed E-state index contributed by atoms with van der Waals surface area (Å²) in [4.78, 5) is 56.9. The molecule has 0 bridgehead atoms. The van der Waals surface area contributed by atoms with Crippen molar-refractivity contribution < 1.29 is 46.8 Å². The maximum atomic E-state index is 14.4. The molecular formula is C31H48BFN6O9S. The number of halogens is 1. The number of rotatable bonds is 13. The van der Waals surface area contributed by atoms with E-state index < -0.39 is 71.0 Å². The highest BCUT2D eigenvalue weighted by Gasteiger charge is 2.46. The van der Waals surface area contributed by atoms with E-state index in [2.05, 4.69) is 16.0 Å². The lowest BCUT2D eigenvalue weighted by atomic mass is 9.76. The van der Waals surface area contributed by atoms with Gasteiger partial charge in [0.25, 0.3) is 0 Å².